The Morgan fingerprint density at radius 1 is 0.913 bits per heavy atom. The predicted octanol–water partition coefficient (Wildman–Crippen LogP) is 5.18. The first-order valence-corrected chi connectivity index (χ1v) is 8.31. The summed E-state index contributed by atoms with van der Waals surface area (Å²) in [6.07, 6.45) is 1.85. The van der Waals surface area contributed by atoms with Crippen molar-refractivity contribution in [1.29, 1.82) is 0 Å². The maximum atomic E-state index is 10.8. The Morgan fingerprint density at radius 3 is 2.17 bits per heavy atom. The Balaban J connectivity index is 2.06. The van der Waals surface area contributed by atoms with Gasteiger partial charge in [-0.2, -0.15) is 0 Å². The maximum absolute atomic E-state index is 10.8. The van der Waals surface area contributed by atoms with Crippen molar-refractivity contribution in [3.63, 3.8) is 0 Å². The van der Waals surface area contributed by atoms with E-state index < -0.39 is 0 Å². The quantitative estimate of drug-likeness (QED) is 0.758. The molecule has 0 aliphatic heterocycles. The number of aliphatic hydroxyl groups excluding tert-OH is 1. The summed E-state index contributed by atoms with van der Waals surface area (Å²) < 4.78 is 0. The fourth-order valence-electron chi connectivity index (χ4n) is 3.96. The van der Waals surface area contributed by atoms with E-state index in [1.807, 2.05) is 6.07 Å². The van der Waals surface area contributed by atoms with Gasteiger partial charge < -0.3 is 5.11 Å². The van der Waals surface area contributed by atoms with Gasteiger partial charge in [0.25, 0.3) is 0 Å². The molecular formula is C22H26O. The Hall–Kier alpha value is -1.86. The van der Waals surface area contributed by atoms with Crippen LogP contribution in [-0.4, -0.2) is 11.2 Å². The van der Waals surface area contributed by atoms with Crippen molar-refractivity contribution in [1.82, 2.24) is 0 Å². The van der Waals surface area contributed by atoms with E-state index in [4.69, 9.17) is 0 Å². The number of hydrogen-bond donors (Lipinski definition) is 1. The zero-order chi connectivity index (χ0) is 16.8. The van der Waals surface area contributed by atoms with Crippen LogP contribution in [0.5, 0.6) is 0 Å². The second-order valence-electron chi connectivity index (χ2n) is 7.84. The van der Waals surface area contributed by atoms with Crippen LogP contribution in [-0.2, 0) is 10.8 Å². The van der Waals surface area contributed by atoms with E-state index in [9.17, 15) is 5.11 Å². The van der Waals surface area contributed by atoms with Crippen molar-refractivity contribution < 1.29 is 5.11 Å². The fraction of sp³-hybridized carbons (Fsp3) is 0.364. The molecule has 120 valence electrons. The largest absolute Gasteiger partial charge is 0.391 e. The summed E-state index contributed by atoms with van der Waals surface area (Å²) in [6, 6.07) is 17.0. The first-order chi connectivity index (χ1) is 10.7. The first-order valence-electron chi connectivity index (χ1n) is 8.31. The van der Waals surface area contributed by atoms with E-state index in [2.05, 4.69) is 83.2 Å². The number of aliphatic hydroxyl groups is 1. The molecule has 1 N–H and O–H groups in total. The first kappa shape index (κ1) is 16.0. The highest BCUT2D eigenvalue weighted by molar-refractivity contribution is 5.80. The highest BCUT2D eigenvalue weighted by Gasteiger charge is 2.50. The minimum Gasteiger partial charge on any atom is -0.391 e. The van der Waals surface area contributed by atoms with Crippen LogP contribution in [0.4, 0.5) is 0 Å². The minimum atomic E-state index is -0.362. The van der Waals surface area contributed by atoms with Crippen molar-refractivity contribution in [3.05, 3.63) is 70.8 Å². The lowest BCUT2D eigenvalue weighted by Crippen LogP contribution is -2.39. The maximum Gasteiger partial charge on any atom is 0.0722 e. The van der Waals surface area contributed by atoms with Crippen LogP contribution in [0, 0.1) is 0 Å². The Labute approximate surface area is 139 Å². The third-order valence-corrected chi connectivity index (χ3v) is 5.41. The summed E-state index contributed by atoms with van der Waals surface area (Å²) >= 11 is 0. The summed E-state index contributed by atoms with van der Waals surface area (Å²) in [5.74, 6) is 0. The van der Waals surface area contributed by atoms with Gasteiger partial charge in [-0.15, -0.1) is 0 Å². The second kappa shape index (κ2) is 5.35. The smallest absolute Gasteiger partial charge is 0.0722 e. The highest BCUT2D eigenvalue weighted by atomic mass is 16.3. The molecule has 2 aromatic rings. The van der Waals surface area contributed by atoms with E-state index in [0.29, 0.717) is 0 Å². The summed E-state index contributed by atoms with van der Waals surface area (Å²) in [6.45, 7) is 10.7. The number of rotatable bonds is 2. The van der Waals surface area contributed by atoms with Gasteiger partial charge in [-0.05, 0) is 34.8 Å². The molecular weight excluding hydrogens is 280 g/mol. The standard InChI is InChI=1S/C22H26O/c1-15(13-16-9-7-6-8-10-16)17-11-12-18-19(14-17)22(4,5)20(23)21(18,2)3/h6-14,20,23H,1-5H3/b15-13+. The van der Waals surface area contributed by atoms with E-state index in [0.717, 1.165) is 0 Å². The molecule has 0 radical (unpaired) electrons. The van der Waals surface area contributed by atoms with Crippen molar-refractivity contribution >= 4 is 11.6 Å². The molecule has 1 unspecified atom stereocenters. The second-order valence-corrected chi connectivity index (χ2v) is 7.84. The molecule has 1 aliphatic rings. The average Bonchev–Trinajstić information content (AvgIpc) is 2.66. The van der Waals surface area contributed by atoms with Crippen LogP contribution in [0.2, 0.25) is 0 Å². The number of allylic oxidation sites excluding steroid dienone is 1. The van der Waals surface area contributed by atoms with Crippen molar-refractivity contribution in [2.45, 2.75) is 51.6 Å². The van der Waals surface area contributed by atoms with Gasteiger partial charge in [0.1, 0.15) is 0 Å². The summed E-state index contributed by atoms with van der Waals surface area (Å²) in [5, 5.41) is 10.8. The van der Waals surface area contributed by atoms with Gasteiger partial charge in [0.05, 0.1) is 6.10 Å². The van der Waals surface area contributed by atoms with Gasteiger partial charge in [-0.25, -0.2) is 0 Å². The van der Waals surface area contributed by atoms with Crippen molar-refractivity contribution in [2.24, 2.45) is 0 Å². The molecule has 1 atom stereocenters. The molecule has 0 aromatic heterocycles. The van der Waals surface area contributed by atoms with Crippen LogP contribution >= 0.6 is 0 Å². The number of fused-ring (bicyclic) bond motifs is 1. The van der Waals surface area contributed by atoms with Crippen LogP contribution in [0.3, 0.4) is 0 Å². The lowest BCUT2D eigenvalue weighted by atomic mass is 9.78. The fourth-order valence-corrected chi connectivity index (χ4v) is 3.96. The van der Waals surface area contributed by atoms with Gasteiger partial charge in [-0.1, -0.05) is 82.3 Å². The van der Waals surface area contributed by atoms with Crippen molar-refractivity contribution in [2.75, 3.05) is 0 Å². The summed E-state index contributed by atoms with van der Waals surface area (Å²) in [5.41, 5.74) is 5.81. The molecule has 23 heavy (non-hydrogen) atoms. The van der Waals surface area contributed by atoms with Crippen molar-refractivity contribution in [3.8, 4) is 0 Å². The van der Waals surface area contributed by atoms with E-state index in [-0.39, 0.29) is 16.9 Å². The molecule has 1 aliphatic carbocycles. The Morgan fingerprint density at radius 2 is 1.52 bits per heavy atom. The normalized spacial score (nSPS) is 22.0. The van der Waals surface area contributed by atoms with E-state index >= 15 is 0 Å². The zero-order valence-electron chi connectivity index (χ0n) is 14.7. The lowest BCUT2D eigenvalue weighted by Gasteiger charge is -2.31. The molecule has 0 heterocycles. The molecule has 0 saturated carbocycles. The van der Waals surface area contributed by atoms with Crippen LogP contribution in [0.1, 0.15) is 56.9 Å². The third-order valence-electron chi connectivity index (χ3n) is 5.41. The van der Waals surface area contributed by atoms with Gasteiger partial charge in [-0.3, -0.25) is 0 Å². The zero-order valence-corrected chi connectivity index (χ0v) is 14.7. The Bertz CT molecular complexity index is 751. The van der Waals surface area contributed by atoms with Crippen LogP contribution < -0.4 is 0 Å². The highest BCUT2D eigenvalue weighted by Crippen LogP contribution is 2.49. The van der Waals surface area contributed by atoms with Gasteiger partial charge >= 0.3 is 0 Å². The monoisotopic (exact) mass is 306 g/mol. The van der Waals surface area contributed by atoms with E-state index in [1.54, 1.807) is 0 Å². The molecule has 2 aromatic carbocycles. The average molecular weight is 306 g/mol. The summed E-state index contributed by atoms with van der Waals surface area (Å²) in [7, 11) is 0. The molecule has 0 spiro atoms. The van der Waals surface area contributed by atoms with Crippen LogP contribution in [0.25, 0.3) is 11.6 Å². The van der Waals surface area contributed by atoms with E-state index in [1.165, 1.54) is 27.8 Å². The van der Waals surface area contributed by atoms with Crippen LogP contribution in [0.15, 0.2) is 48.5 Å². The molecule has 1 nitrogen and oxygen atoms in total. The summed E-state index contributed by atoms with van der Waals surface area (Å²) in [4.78, 5) is 0. The molecule has 0 saturated heterocycles. The SMILES string of the molecule is C/C(=C\c1ccccc1)c1ccc2c(c1)C(C)(C)C(O)C2(C)C. The molecule has 0 amide bonds. The molecule has 0 fully saturated rings. The predicted molar refractivity (Wildman–Crippen MR) is 98.5 cm³/mol. The molecule has 0 bridgehead atoms. The lowest BCUT2D eigenvalue weighted by molar-refractivity contribution is 0.0566. The van der Waals surface area contributed by atoms with Gasteiger partial charge in [0.2, 0.25) is 0 Å². The molecule has 1 heteroatoms. The number of hydrogen-bond acceptors (Lipinski definition) is 1. The minimum absolute atomic E-state index is 0.200. The Kier molecular flexibility index (Phi) is 3.72. The van der Waals surface area contributed by atoms with Gasteiger partial charge in [0, 0.05) is 10.8 Å². The van der Waals surface area contributed by atoms with Gasteiger partial charge in [0.15, 0.2) is 0 Å². The third kappa shape index (κ3) is 2.53. The topological polar surface area (TPSA) is 20.2 Å². The number of benzene rings is 2. The molecule has 3 rings (SSSR count).